The first-order valence-corrected chi connectivity index (χ1v) is 6.18. The summed E-state index contributed by atoms with van der Waals surface area (Å²) in [7, 11) is 0. The molecule has 0 aromatic heterocycles. The number of alkyl halides is 1. The van der Waals surface area contributed by atoms with Gasteiger partial charge in [-0.1, -0.05) is 13.0 Å². The van der Waals surface area contributed by atoms with Crippen LogP contribution in [0, 0.1) is 5.92 Å². The summed E-state index contributed by atoms with van der Waals surface area (Å²) in [4.78, 5) is 22.2. The lowest BCUT2D eigenvalue weighted by atomic mass is 9.86. The van der Waals surface area contributed by atoms with Crippen molar-refractivity contribution in [1.82, 2.24) is 0 Å². The molecule has 102 valence electrons. The van der Waals surface area contributed by atoms with Crippen molar-refractivity contribution in [3.05, 3.63) is 28.8 Å². The van der Waals surface area contributed by atoms with Gasteiger partial charge in [0.15, 0.2) is 12.0 Å². The molecule has 0 amide bonds. The van der Waals surface area contributed by atoms with Crippen molar-refractivity contribution in [1.29, 1.82) is 0 Å². The second-order valence-electron chi connectivity index (χ2n) is 5.08. The van der Waals surface area contributed by atoms with Gasteiger partial charge in [-0.05, 0) is 29.2 Å². The fourth-order valence-corrected chi connectivity index (χ4v) is 2.31. The molecular formula is C14H16FNO3. The third-order valence-corrected chi connectivity index (χ3v) is 3.52. The van der Waals surface area contributed by atoms with E-state index in [0.29, 0.717) is 17.7 Å². The number of Topliss-reactive ketones (excluding diaryl/α,β-unsaturated/α-hetero) is 1. The van der Waals surface area contributed by atoms with E-state index in [1.807, 2.05) is 0 Å². The lowest BCUT2D eigenvalue weighted by Crippen LogP contribution is -2.27. The molecule has 4 nitrogen and oxygen atoms in total. The largest absolute Gasteiger partial charge is 0.481 e. The average molecular weight is 265 g/mol. The molecule has 2 rings (SSSR count). The number of aliphatic carboxylic acids is 1. The second-order valence-corrected chi connectivity index (χ2v) is 5.08. The number of halogens is 1. The predicted molar refractivity (Wildman–Crippen MR) is 68.7 cm³/mol. The number of hydrogen-bond donors (Lipinski definition) is 2. The number of ketones is 1. The number of carbonyl (C=O) groups is 2. The number of nitrogens with two attached hydrogens (primary N) is 1. The van der Waals surface area contributed by atoms with Gasteiger partial charge in [-0.3, -0.25) is 9.59 Å². The van der Waals surface area contributed by atoms with Crippen LogP contribution < -0.4 is 5.73 Å². The van der Waals surface area contributed by atoms with Crippen molar-refractivity contribution < 1.29 is 19.1 Å². The molecule has 1 aromatic rings. The van der Waals surface area contributed by atoms with Crippen molar-refractivity contribution in [2.24, 2.45) is 5.92 Å². The molecular weight excluding hydrogens is 249 g/mol. The number of benzene rings is 1. The molecule has 1 aliphatic rings. The first-order valence-electron chi connectivity index (χ1n) is 6.18. The summed E-state index contributed by atoms with van der Waals surface area (Å²) in [5.41, 5.74) is 8.56. The van der Waals surface area contributed by atoms with Gasteiger partial charge in [-0.2, -0.15) is 0 Å². The van der Waals surface area contributed by atoms with Gasteiger partial charge in [0.05, 0.1) is 5.92 Å². The minimum Gasteiger partial charge on any atom is -0.481 e. The van der Waals surface area contributed by atoms with Crippen LogP contribution in [0.4, 0.5) is 10.1 Å². The summed E-state index contributed by atoms with van der Waals surface area (Å²) >= 11 is 0. The topological polar surface area (TPSA) is 80.4 Å². The lowest BCUT2D eigenvalue weighted by Gasteiger charge is -2.21. The summed E-state index contributed by atoms with van der Waals surface area (Å²) in [6, 6.07) is 3.41. The monoisotopic (exact) mass is 265 g/mol. The van der Waals surface area contributed by atoms with Crippen LogP contribution in [0.5, 0.6) is 0 Å². The number of anilines is 1. The summed E-state index contributed by atoms with van der Waals surface area (Å²) < 4.78 is 13.4. The van der Waals surface area contributed by atoms with Crippen molar-refractivity contribution >= 4 is 17.4 Å². The van der Waals surface area contributed by atoms with Crippen molar-refractivity contribution in [3.8, 4) is 0 Å². The number of hydrogen-bond acceptors (Lipinski definition) is 3. The Labute approximate surface area is 110 Å². The highest BCUT2D eigenvalue weighted by Gasteiger charge is 2.27. The van der Waals surface area contributed by atoms with Crippen LogP contribution in [0.2, 0.25) is 0 Å². The molecule has 5 heteroatoms. The molecule has 1 aromatic carbocycles. The van der Waals surface area contributed by atoms with Crippen molar-refractivity contribution in [2.75, 3.05) is 5.73 Å². The lowest BCUT2D eigenvalue weighted by molar-refractivity contribution is -0.141. The van der Waals surface area contributed by atoms with Gasteiger partial charge in [0.2, 0.25) is 0 Å². The quantitative estimate of drug-likeness (QED) is 0.812. The van der Waals surface area contributed by atoms with E-state index in [1.54, 1.807) is 19.1 Å². The molecule has 0 aliphatic heterocycles. The van der Waals surface area contributed by atoms with E-state index >= 15 is 0 Å². The van der Waals surface area contributed by atoms with Gasteiger partial charge in [-0.15, -0.1) is 0 Å². The molecule has 0 spiro atoms. The molecule has 1 aliphatic carbocycles. The number of fused-ring (bicyclic) bond motifs is 1. The van der Waals surface area contributed by atoms with Crippen molar-refractivity contribution in [3.63, 3.8) is 0 Å². The Kier molecular flexibility index (Phi) is 3.55. The van der Waals surface area contributed by atoms with E-state index < -0.39 is 23.8 Å². The Bertz CT molecular complexity index is 542. The van der Waals surface area contributed by atoms with Crippen LogP contribution in [0.3, 0.4) is 0 Å². The van der Waals surface area contributed by atoms with Gasteiger partial charge < -0.3 is 10.8 Å². The van der Waals surface area contributed by atoms with Gasteiger partial charge in [0.1, 0.15) is 0 Å². The summed E-state index contributed by atoms with van der Waals surface area (Å²) in [6.45, 7) is 1.60. The Hall–Kier alpha value is -1.91. The third-order valence-electron chi connectivity index (χ3n) is 3.52. The maximum atomic E-state index is 13.4. The van der Waals surface area contributed by atoms with Crippen molar-refractivity contribution in [2.45, 2.75) is 32.4 Å². The first-order chi connectivity index (χ1) is 8.88. The van der Waals surface area contributed by atoms with Gasteiger partial charge in [0, 0.05) is 18.5 Å². The molecule has 2 unspecified atom stereocenters. The number of carbonyl (C=O) groups excluding carboxylic acids is 1. The minimum atomic E-state index is -1.46. The fourth-order valence-electron chi connectivity index (χ4n) is 2.31. The molecule has 2 atom stereocenters. The van der Waals surface area contributed by atoms with E-state index in [9.17, 15) is 14.0 Å². The fraction of sp³-hybridized carbons (Fsp3) is 0.429. The Morgan fingerprint density at radius 3 is 2.84 bits per heavy atom. The van der Waals surface area contributed by atoms with E-state index in [-0.39, 0.29) is 12.8 Å². The van der Waals surface area contributed by atoms with E-state index in [0.717, 1.165) is 11.1 Å². The zero-order valence-electron chi connectivity index (χ0n) is 10.6. The van der Waals surface area contributed by atoms with Crippen LogP contribution in [0.1, 0.15) is 23.6 Å². The zero-order chi connectivity index (χ0) is 14.2. The average Bonchev–Trinajstić information content (AvgIpc) is 2.32. The van der Waals surface area contributed by atoms with E-state index in [2.05, 4.69) is 0 Å². The standard InChI is InChI=1S/C14H16FNO3/c1-7(14(18)19)2-10-3-8-4-11(15)13(17)6-9(8)5-12(10)16/h3,5,7,11H,2,4,6,16H2,1H3,(H,18,19). The van der Waals surface area contributed by atoms with Crippen LogP contribution in [0.15, 0.2) is 12.1 Å². The number of carboxylic acid groups (broad SMARTS) is 1. The van der Waals surface area contributed by atoms with Crippen LogP contribution in [0.25, 0.3) is 0 Å². The summed E-state index contributed by atoms with van der Waals surface area (Å²) in [5, 5.41) is 8.90. The normalized spacial score (nSPS) is 19.9. The van der Waals surface area contributed by atoms with Crippen LogP contribution >= 0.6 is 0 Å². The maximum Gasteiger partial charge on any atom is 0.306 e. The van der Waals surface area contributed by atoms with E-state index in [1.165, 1.54) is 0 Å². The van der Waals surface area contributed by atoms with Crippen LogP contribution in [-0.2, 0) is 28.9 Å². The summed E-state index contributed by atoms with van der Waals surface area (Å²) in [6.07, 6.45) is -1.03. The maximum absolute atomic E-state index is 13.4. The number of nitrogen functional groups attached to an aromatic ring is 1. The SMILES string of the molecule is CC(Cc1cc2c(cc1N)CC(=O)C(F)C2)C(=O)O. The van der Waals surface area contributed by atoms with Gasteiger partial charge in [0.25, 0.3) is 0 Å². The highest BCUT2D eigenvalue weighted by atomic mass is 19.1. The highest BCUT2D eigenvalue weighted by Crippen LogP contribution is 2.27. The molecule has 0 heterocycles. The molecule has 0 bridgehead atoms. The first kappa shape index (κ1) is 13.5. The number of carboxylic acids is 1. The highest BCUT2D eigenvalue weighted by molar-refractivity contribution is 5.88. The molecule has 0 fully saturated rings. The van der Waals surface area contributed by atoms with Crippen LogP contribution in [-0.4, -0.2) is 23.0 Å². The van der Waals surface area contributed by atoms with Gasteiger partial charge in [-0.25, -0.2) is 4.39 Å². The second kappa shape index (κ2) is 4.99. The minimum absolute atomic E-state index is 0.0584. The Morgan fingerprint density at radius 1 is 1.53 bits per heavy atom. The Balaban J connectivity index is 2.31. The summed E-state index contributed by atoms with van der Waals surface area (Å²) in [5.74, 6) is -1.86. The van der Waals surface area contributed by atoms with Gasteiger partial charge >= 0.3 is 5.97 Å². The molecule has 19 heavy (non-hydrogen) atoms. The molecule has 0 radical (unpaired) electrons. The predicted octanol–water partition coefficient (Wildman–Crippen LogP) is 1.54. The zero-order valence-corrected chi connectivity index (χ0v) is 10.6. The number of rotatable bonds is 3. The molecule has 3 N–H and O–H groups in total. The van der Waals surface area contributed by atoms with E-state index in [4.69, 9.17) is 10.8 Å². The third kappa shape index (κ3) is 2.75. The molecule has 0 saturated heterocycles. The smallest absolute Gasteiger partial charge is 0.306 e. The Morgan fingerprint density at radius 2 is 2.21 bits per heavy atom. The molecule has 0 saturated carbocycles.